The summed E-state index contributed by atoms with van der Waals surface area (Å²) >= 11 is 0. The summed E-state index contributed by atoms with van der Waals surface area (Å²) in [6, 6.07) is 8.73. The minimum Gasteiger partial charge on any atom is -0.350 e. The summed E-state index contributed by atoms with van der Waals surface area (Å²) in [4.78, 5) is 0. The van der Waals surface area contributed by atoms with Crippen LogP contribution in [0.2, 0.25) is 0 Å². The lowest BCUT2D eigenvalue weighted by Gasteiger charge is -2.32. The molecule has 2 heteroatoms. The van der Waals surface area contributed by atoms with Crippen LogP contribution in [-0.4, -0.2) is 19.5 Å². The Kier molecular flexibility index (Phi) is 2.70. The Labute approximate surface area is 96.6 Å². The molecule has 1 aliphatic carbocycles. The maximum Gasteiger partial charge on any atom is 0.164 e. The Bertz CT molecular complexity index is 369. The Balaban J connectivity index is 1.93. The van der Waals surface area contributed by atoms with Gasteiger partial charge in [-0.25, -0.2) is 0 Å². The highest BCUT2D eigenvalue weighted by Gasteiger charge is 2.33. The van der Waals surface area contributed by atoms with E-state index in [0.29, 0.717) is 5.92 Å². The van der Waals surface area contributed by atoms with E-state index in [2.05, 4.69) is 31.2 Å². The number of ether oxygens (including phenoxy) is 2. The van der Waals surface area contributed by atoms with Crippen LogP contribution in [0.3, 0.4) is 0 Å². The maximum absolute atomic E-state index is 5.68. The number of hydrogen-bond acceptors (Lipinski definition) is 2. The van der Waals surface area contributed by atoms with Crippen LogP contribution >= 0.6 is 0 Å². The molecule has 1 fully saturated rings. The molecule has 1 aromatic rings. The second-order valence-electron chi connectivity index (χ2n) is 4.96. The fraction of sp³-hybridized carbons (Fsp3) is 0.571. The molecule has 0 amide bonds. The number of hydrogen-bond donors (Lipinski definition) is 0. The summed E-state index contributed by atoms with van der Waals surface area (Å²) in [5.74, 6) is 1.16. The molecule has 3 rings (SSSR count). The van der Waals surface area contributed by atoms with Crippen molar-refractivity contribution in [1.82, 2.24) is 0 Å². The Morgan fingerprint density at radius 2 is 1.88 bits per heavy atom. The van der Waals surface area contributed by atoms with Crippen molar-refractivity contribution >= 4 is 0 Å². The predicted octanol–water partition coefficient (Wildman–Crippen LogP) is 2.73. The molecule has 2 nitrogen and oxygen atoms in total. The molecule has 0 bridgehead atoms. The molecule has 0 N–H and O–H groups in total. The van der Waals surface area contributed by atoms with Gasteiger partial charge in [0.2, 0.25) is 0 Å². The predicted molar refractivity (Wildman–Crippen MR) is 62.4 cm³/mol. The molecule has 2 unspecified atom stereocenters. The van der Waals surface area contributed by atoms with Crippen LogP contribution in [-0.2, 0) is 15.9 Å². The van der Waals surface area contributed by atoms with E-state index < -0.39 is 0 Å². The standard InChI is InChI=1S/C14H18O2/c1-10-8-11-4-2-3-5-12(11)13(9-10)14-15-6-7-16-14/h2-5,10,13-14H,6-9H2,1H3. The lowest BCUT2D eigenvalue weighted by atomic mass is 9.77. The van der Waals surface area contributed by atoms with Gasteiger partial charge in [0.05, 0.1) is 13.2 Å². The molecule has 0 spiro atoms. The number of benzene rings is 1. The molecule has 0 radical (unpaired) electrons. The van der Waals surface area contributed by atoms with Gasteiger partial charge in [0.1, 0.15) is 0 Å². The lowest BCUT2D eigenvalue weighted by molar-refractivity contribution is -0.0670. The molecule has 1 aliphatic heterocycles. The van der Waals surface area contributed by atoms with Gasteiger partial charge in [-0.05, 0) is 29.9 Å². The molecular weight excluding hydrogens is 200 g/mol. The quantitative estimate of drug-likeness (QED) is 0.721. The summed E-state index contributed by atoms with van der Waals surface area (Å²) in [7, 11) is 0. The molecule has 1 saturated heterocycles. The summed E-state index contributed by atoms with van der Waals surface area (Å²) < 4.78 is 11.4. The van der Waals surface area contributed by atoms with E-state index in [4.69, 9.17) is 9.47 Å². The van der Waals surface area contributed by atoms with Gasteiger partial charge in [0.15, 0.2) is 6.29 Å². The van der Waals surface area contributed by atoms with E-state index in [1.165, 1.54) is 24.0 Å². The smallest absolute Gasteiger partial charge is 0.164 e. The van der Waals surface area contributed by atoms with E-state index in [1.54, 1.807) is 0 Å². The van der Waals surface area contributed by atoms with Crippen molar-refractivity contribution in [2.75, 3.05) is 13.2 Å². The fourth-order valence-corrected chi connectivity index (χ4v) is 2.97. The maximum atomic E-state index is 5.68. The normalized spacial score (nSPS) is 30.3. The van der Waals surface area contributed by atoms with Crippen LogP contribution in [0, 0.1) is 5.92 Å². The molecular formula is C14H18O2. The van der Waals surface area contributed by atoms with Crippen molar-refractivity contribution in [1.29, 1.82) is 0 Å². The Hall–Kier alpha value is -0.860. The summed E-state index contributed by atoms with van der Waals surface area (Å²) in [5, 5.41) is 0. The third kappa shape index (κ3) is 1.76. The number of fused-ring (bicyclic) bond motifs is 1. The van der Waals surface area contributed by atoms with Gasteiger partial charge >= 0.3 is 0 Å². The van der Waals surface area contributed by atoms with Crippen LogP contribution in [0.1, 0.15) is 30.4 Å². The van der Waals surface area contributed by atoms with Crippen molar-refractivity contribution in [3.63, 3.8) is 0 Å². The highest BCUT2D eigenvalue weighted by Crippen LogP contribution is 2.39. The molecule has 1 aromatic carbocycles. The van der Waals surface area contributed by atoms with Crippen molar-refractivity contribution in [2.45, 2.75) is 32.0 Å². The zero-order chi connectivity index (χ0) is 11.0. The van der Waals surface area contributed by atoms with Gasteiger partial charge in [0.25, 0.3) is 0 Å². The first-order valence-corrected chi connectivity index (χ1v) is 6.15. The third-order valence-electron chi connectivity index (χ3n) is 3.66. The van der Waals surface area contributed by atoms with Crippen LogP contribution in [0.5, 0.6) is 0 Å². The molecule has 2 atom stereocenters. The zero-order valence-corrected chi connectivity index (χ0v) is 9.69. The molecule has 0 aromatic heterocycles. The van der Waals surface area contributed by atoms with Gasteiger partial charge in [-0.2, -0.15) is 0 Å². The minimum absolute atomic E-state index is 0.0103. The van der Waals surface area contributed by atoms with E-state index in [-0.39, 0.29) is 6.29 Å². The number of rotatable bonds is 1. The first-order chi connectivity index (χ1) is 7.84. The monoisotopic (exact) mass is 218 g/mol. The Morgan fingerprint density at radius 3 is 2.69 bits per heavy atom. The topological polar surface area (TPSA) is 18.5 Å². The first kappa shape index (κ1) is 10.3. The van der Waals surface area contributed by atoms with Gasteiger partial charge in [-0.3, -0.25) is 0 Å². The van der Waals surface area contributed by atoms with Gasteiger partial charge < -0.3 is 9.47 Å². The second-order valence-corrected chi connectivity index (χ2v) is 4.96. The van der Waals surface area contributed by atoms with Crippen molar-refractivity contribution in [2.24, 2.45) is 5.92 Å². The van der Waals surface area contributed by atoms with E-state index in [1.807, 2.05) is 0 Å². The van der Waals surface area contributed by atoms with Crippen molar-refractivity contribution in [3.05, 3.63) is 35.4 Å². The molecule has 16 heavy (non-hydrogen) atoms. The molecule has 2 aliphatic rings. The van der Waals surface area contributed by atoms with Crippen LogP contribution in [0.15, 0.2) is 24.3 Å². The molecule has 1 heterocycles. The summed E-state index contributed by atoms with van der Waals surface area (Å²) in [5.41, 5.74) is 2.91. The van der Waals surface area contributed by atoms with Crippen LogP contribution in [0.25, 0.3) is 0 Å². The van der Waals surface area contributed by atoms with E-state index >= 15 is 0 Å². The SMILES string of the molecule is CC1Cc2ccccc2C(C2OCCO2)C1. The van der Waals surface area contributed by atoms with Crippen LogP contribution < -0.4 is 0 Å². The van der Waals surface area contributed by atoms with Gasteiger partial charge in [0, 0.05) is 5.92 Å². The minimum atomic E-state index is -0.0103. The highest BCUT2D eigenvalue weighted by molar-refractivity contribution is 5.33. The van der Waals surface area contributed by atoms with Crippen molar-refractivity contribution < 1.29 is 9.47 Å². The van der Waals surface area contributed by atoms with E-state index in [0.717, 1.165) is 19.1 Å². The van der Waals surface area contributed by atoms with E-state index in [9.17, 15) is 0 Å². The average molecular weight is 218 g/mol. The zero-order valence-electron chi connectivity index (χ0n) is 9.69. The van der Waals surface area contributed by atoms with Gasteiger partial charge in [-0.1, -0.05) is 31.2 Å². The highest BCUT2D eigenvalue weighted by atomic mass is 16.7. The first-order valence-electron chi connectivity index (χ1n) is 6.15. The largest absolute Gasteiger partial charge is 0.350 e. The second kappa shape index (κ2) is 4.19. The van der Waals surface area contributed by atoms with Gasteiger partial charge in [-0.15, -0.1) is 0 Å². The molecule has 0 saturated carbocycles. The fourth-order valence-electron chi connectivity index (χ4n) is 2.97. The lowest BCUT2D eigenvalue weighted by Crippen LogP contribution is -2.27. The van der Waals surface area contributed by atoms with Crippen molar-refractivity contribution in [3.8, 4) is 0 Å². The summed E-state index contributed by atoms with van der Waals surface area (Å²) in [6.07, 6.45) is 2.37. The summed E-state index contributed by atoms with van der Waals surface area (Å²) in [6.45, 7) is 3.81. The third-order valence-corrected chi connectivity index (χ3v) is 3.66. The average Bonchev–Trinajstić information content (AvgIpc) is 2.81. The molecule has 86 valence electrons. The Morgan fingerprint density at radius 1 is 1.12 bits per heavy atom. The van der Waals surface area contributed by atoms with Crippen LogP contribution in [0.4, 0.5) is 0 Å².